The summed E-state index contributed by atoms with van der Waals surface area (Å²) in [7, 11) is 0. The number of aliphatic carboxylic acids is 1. The van der Waals surface area contributed by atoms with E-state index in [0.717, 1.165) is 12.1 Å². The summed E-state index contributed by atoms with van der Waals surface area (Å²) in [6, 6.07) is 3.23. The van der Waals surface area contributed by atoms with Crippen molar-refractivity contribution in [3.8, 4) is 0 Å². The average Bonchev–Trinajstić information content (AvgIpc) is 2.25. The number of carbonyl (C=O) groups is 1. The van der Waals surface area contributed by atoms with Crippen molar-refractivity contribution in [2.45, 2.75) is 12.5 Å². The molecule has 1 atom stereocenters. The number of hydrogen-bond acceptors (Lipinski definition) is 2. The van der Waals surface area contributed by atoms with Gasteiger partial charge in [0.05, 0.1) is 5.56 Å². The highest BCUT2D eigenvalue weighted by molar-refractivity contribution is 5.80. The Hall–Kier alpha value is -1.75. The second-order valence-corrected chi connectivity index (χ2v) is 3.70. The molecule has 1 aromatic carbocycles. The molecule has 0 radical (unpaired) electrons. The fraction of sp³-hybridized carbons (Fsp3) is 0.250. The van der Waals surface area contributed by atoms with Gasteiger partial charge in [-0.1, -0.05) is 12.1 Å². The van der Waals surface area contributed by atoms with Crippen molar-refractivity contribution in [2.24, 2.45) is 0 Å². The highest BCUT2D eigenvalue weighted by Crippen LogP contribution is 2.26. The molecule has 0 spiro atoms. The summed E-state index contributed by atoms with van der Waals surface area (Å²) in [6.07, 6.45) is 1.42. The van der Waals surface area contributed by atoms with Crippen LogP contribution < -0.4 is 5.32 Å². The first-order chi connectivity index (χ1) is 7.93. The van der Waals surface area contributed by atoms with Crippen molar-refractivity contribution in [1.29, 1.82) is 0 Å². The van der Waals surface area contributed by atoms with Gasteiger partial charge >= 0.3 is 5.97 Å². The Balaban J connectivity index is 3.31. The highest BCUT2D eigenvalue weighted by atomic mass is 19.1. The number of hydrogen-bond donors (Lipinski definition) is 2. The Morgan fingerprint density at radius 2 is 2.06 bits per heavy atom. The molecule has 1 aromatic rings. The van der Waals surface area contributed by atoms with Crippen LogP contribution in [0.15, 0.2) is 30.9 Å². The zero-order valence-electron chi connectivity index (χ0n) is 9.34. The number of carboxylic acids is 1. The van der Waals surface area contributed by atoms with Crippen LogP contribution in [0.2, 0.25) is 0 Å². The van der Waals surface area contributed by atoms with E-state index >= 15 is 0 Å². The lowest BCUT2D eigenvalue weighted by molar-refractivity contribution is -0.144. The average molecular weight is 241 g/mol. The first kappa shape index (κ1) is 13.3. The van der Waals surface area contributed by atoms with Gasteiger partial charge in [-0.15, -0.1) is 6.58 Å². The maximum Gasteiger partial charge on any atom is 0.328 e. The van der Waals surface area contributed by atoms with Crippen molar-refractivity contribution in [3.05, 3.63) is 48.1 Å². The van der Waals surface area contributed by atoms with Crippen LogP contribution in [0, 0.1) is 11.6 Å². The van der Waals surface area contributed by atoms with Gasteiger partial charge in [-0.3, -0.25) is 5.32 Å². The topological polar surface area (TPSA) is 49.3 Å². The minimum absolute atomic E-state index is 0.122. The summed E-state index contributed by atoms with van der Waals surface area (Å²) in [5, 5.41) is 11.7. The maximum atomic E-state index is 13.6. The van der Waals surface area contributed by atoms with Gasteiger partial charge in [0.15, 0.2) is 0 Å². The molecular formula is C12H13F2NO2. The minimum atomic E-state index is -1.83. The Kier molecular flexibility index (Phi) is 3.96. The first-order valence-electron chi connectivity index (χ1n) is 4.97. The standard InChI is InChI=1S/C12H13F2NO2/c1-3-7-15-12(2,11(16)17)10-8(13)5-4-6-9(10)14/h3-6,15H,1,7H2,2H3,(H,16,17). The number of carboxylic acid groups (broad SMARTS) is 1. The van der Waals surface area contributed by atoms with Crippen LogP contribution in [0.25, 0.3) is 0 Å². The smallest absolute Gasteiger partial charge is 0.328 e. The van der Waals surface area contributed by atoms with Crippen molar-refractivity contribution < 1.29 is 18.7 Å². The van der Waals surface area contributed by atoms with E-state index in [-0.39, 0.29) is 6.54 Å². The van der Waals surface area contributed by atoms with E-state index < -0.39 is 28.7 Å². The molecule has 0 amide bonds. The van der Waals surface area contributed by atoms with E-state index in [4.69, 9.17) is 5.11 Å². The molecule has 0 bridgehead atoms. The molecular weight excluding hydrogens is 228 g/mol. The van der Waals surface area contributed by atoms with E-state index in [1.165, 1.54) is 19.1 Å². The zero-order valence-corrected chi connectivity index (χ0v) is 9.34. The molecule has 3 nitrogen and oxygen atoms in total. The number of halogens is 2. The van der Waals surface area contributed by atoms with Crippen LogP contribution in [-0.4, -0.2) is 17.6 Å². The van der Waals surface area contributed by atoms with Crippen molar-refractivity contribution in [3.63, 3.8) is 0 Å². The molecule has 0 saturated heterocycles. The third-order valence-corrected chi connectivity index (χ3v) is 2.49. The third kappa shape index (κ3) is 2.50. The molecule has 0 fully saturated rings. The third-order valence-electron chi connectivity index (χ3n) is 2.49. The second kappa shape index (κ2) is 5.05. The van der Waals surface area contributed by atoms with Gasteiger partial charge in [-0.05, 0) is 19.1 Å². The molecule has 0 heterocycles. The summed E-state index contributed by atoms with van der Waals surface area (Å²) >= 11 is 0. The van der Waals surface area contributed by atoms with E-state index in [1.807, 2.05) is 0 Å². The number of rotatable bonds is 5. The van der Waals surface area contributed by atoms with E-state index in [2.05, 4.69) is 11.9 Å². The van der Waals surface area contributed by atoms with Crippen LogP contribution in [0.1, 0.15) is 12.5 Å². The van der Waals surface area contributed by atoms with Crippen molar-refractivity contribution >= 4 is 5.97 Å². The summed E-state index contributed by atoms with van der Waals surface area (Å²) < 4.78 is 27.1. The molecule has 92 valence electrons. The maximum absolute atomic E-state index is 13.6. The first-order valence-corrected chi connectivity index (χ1v) is 4.97. The lowest BCUT2D eigenvalue weighted by Crippen LogP contribution is -2.48. The Labute approximate surface area is 97.8 Å². The zero-order chi connectivity index (χ0) is 13.1. The molecule has 0 aliphatic carbocycles. The number of benzene rings is 1. The Morgan fingerprint density at radius 3 is 2.47 bits per heavy atom. The highest BCUT2D eigenvalue weighted by Gasteiger charge is 2.39. The van der Waals surface area contributed by atoms with Crippen LogP contribution >= 0.6 is 0 Å². The van der Waals surface area contributed by atoms with Crippen LogP contribution in [0.3, 0.4) is 0 Å². The monoisotopic (exact) mass is 241 g/mol. The SMILES string of the molecule is C=CCNC(C)(C(=O)O)c1c(F)cccc1F. The summed E-state index contributed by atoms with van der Waals surface area (Å²) in [6.45, 7) is 4.75. The Bertz CT molecular complexity index is 428. The van der Waals surface area contributed by atoms with E-state index in [0.29, 0.717) is 0 Å². The molecule has 0 aliphatic heterocycles. The molecule has 0 aliphatic rings. The quantitative estimate of drug-likeness (QED) is 0.775. The minimum Gasteiger partial charge on any atom is -0.480 e. The fourth-order valence-electron chi connectivity index (χ4n) is 1.52. The van der Waals surface area contributed by atoms with Gasteiger partial charge in [-0.25, -0.2) is 13.6 Å². The van der Waals surface area contributed by atoms with Gasteiger partial charge in [0, 0.05) is 6.54 Å². The lowest BCUT2D eigenvalue weighted by Gasteiger charge is -2.27. The van der Waals surface area contributed by atoms with Gasteiger partial charge in [0.25, 0.3) is 0 Å². The molecule has 0 aromatic heterocycles. The molecule has 1 rings (SSSR count). The summed E-state index contributed by atoms with van der Waals surface area (Å²) in [5.74, 6) is -3.15. The van der Waals surface area contributed by atoms with Gasteiger partial charge in [0.2, 0.25) is 0 Å². The van der Waals surface area contributed by atoms with Crippen molar-refractivity contribution in [1.82, 2.24) is 5.32 Å². The molecule has 0 saturated carbocycles. The fourth-order valence-corrected chi connectivity index (χ4v) is 1.52. The Morgan fingerprint density at radius 1 is 1.53 bits per heavy atom. The molecule has 1 unspecified atom stereocenters. The summed E-state index contributed by atoms with van der Waals surface area (Å²) in [5.41, 5.74) is -2.33. The molecule has 5 heteroatoms. The van der Waals surface area contributed by atoms with Gasteiger partial charge in [-0.2, -0.15) is 0 Å². The van der Waals surface area contributed by atoms with Gasteiger partial charge < -0.3 is 5.11 Å². The van der Waals surface area contributed by atoms with Crippen LogP contribution in [0.5, 0.6) is 0 Å². The largest absolute Gasteiger partial charge is 0.480 e. The predicted octanol–water partition coefficient (Wildman–Crippen LogP) is 2.04. The van der Waals surface area contributed by atoms with E-state index in [9.17, 15) is 13.6 Å². The van der Waals surface area contributed by atoms with Crippen LogP contribution in [0.4, 0.5) is 8.78 Å². The molecule has 2 N–H and O–H groups in total. The van der Waals surface area contributed by atoms with E-state index in [1.54, 1.807) is 0 Å². The predicted molar refractivity (Wildman–Crippen MR) is 59.5 cm³/mol. The molecule has 17 heavy (non-hydrogen) atoms. The van der Waals surface area contributed by atoms with Gasteiger partial charge in [0.1, 0.15) is 17.2 Å². The lowest BCUT2D eigenvalue weighted by atomic mass is 9.91. The summed E-state index contributed by atoms with van der Waals surface area (Å²) in [4.78, 5) is 11.2. The second-order valence-electron chi connectivity index (χ2n) is 3.70. The normalized spacial score (nSPS) is 14.1. The van der Waals surface area contributed by atoms with Crippen LogP contribution in [-0.2, 0) is 10.3 Å². The van der Waals surface area contributed by atoms with Crippen molar-refractivity contribution in [2.75, 3.05) is 6.54 Å². The number of nitrogens with one attached hydrogen (secondary N) is 1.